The van der Waals surface area contributed by atoms with Crippen LogP contribution in [-0.4, -0.2) is 41.0 Å². The fourth-order valence-electron chi connectivity index (χ4n) is 4.16. The number of carbonyl (C=O) groups excluding carboxylic acids is 1. The molecule has 0 spiro atoms. The molecule has 34 heavy (non-hydrogen) atoms. The van der Waals surface area contributed by atoms with Gasteiger partial charge in [0.2, 0.25) is 5.78 Å². The fraction of sp³-hybridized carbons (Fsp3) is 0.333. The lowest BCUT2D eigenvalue weighted by atomic mass is 9.96. The predicted octanol–water partition coefficient (Wildman–Crippen LogP) is 4.73. The second-order valence-corrected chi connectivity index (χ2v) is 8.53. The number of nitriles is 1. The Hall–Kier alpha value is -3.87. The number of pyridine rings is 1. The van der Waals surface area contributed by atoms with E-state index in [2.05, 4.69) is 15.9 Å². The van der Waals surface area contributed by atoms with E-state index in [1.54, 1.807) is 16.8 Å². The van der Waals surface area contributed by atoms with E-state index < -0.39 is 41.4 Å². The number of Topliss-reactive ketones (excluding diaryl/α,β-unsaturated/α-hetero) is 1. The topological polar surface area (TPSA) is 100 Å². The molecule has 1 aromatic carbocycles. The summed E-state index contributed by atoms with van der Waals surface area (Å²) in [6, 6.07) is 8.70. The summed E-state index contributed by atoms with van der Waals surface area (Å²) >= 11 is 0. The van der Waals surface area contributed by atoms with Gasteiger partial charge in [-0.3, -0.25) is 4.79 Å². The third-order valence-electron chi connectivity index (χ3n) is 6.40. The molecule has 2 aromatic heterocycles. The van der Waals surface area contributed by atoms with Gasteiger partial charge in [0.25, 0.3) is 0 Å². The molecule has 2 heterocycles. The molecule has 2 saturated carbocycles. The first-order valence-corrected chi connectivity index (χ1v) is 10.6. The van der Waals surface area contributed by atoms with Gasteiger partial charge in [-0.25, -0.2) is 8.91 Å². The number of alkyl halides is 3. The summed E-state index contributed by atoms with van der Waals surface area (Å²) < 4.78 is 51.4. The van der Waals surface area contributed by atoms with Gasteiger partial charge in [-0.05, 0) is 48.6 Å². The number of ketones is 1. The number of fused-ring (bicyclic) bond motifs is 1. The number of nitrogens with zero attached hydrogens (tertiary/aromatic N) is 3. The minimum atomic E-state index is -3.23. The molecule has 2 fully saturated rings. The van der Waals surface area contributed by atoms with Crippen molar-refractivity contribution in [2.75, 3.05) is 7.11 Å². The van der Waals surface area contributed by atoms with Crippen molar-refractivity contribution in [3.05, 3.63) is 47.8 Å². The minimum Gasteiger partial charge on any atom is -0.496 e. The highest BCUT2D eigenvalue weighted by Crippen LogP contribution is 2.48. The van der Waals surface area contributed by atoms with E-state index in [0.717, 1.165) is 18.4 Å². The Morgan fingerprint density at radius 2 is 2.03 bits per heavy atom. The molecule has 2 atom stereocenters. The quantitative estimate of drug-likeness (QED) is 0.381. The molecule has 5 rings (SSSR count). The second-order valence-electron chi connectivity index (χ2n) is 8.53. The lowest BCUT2D eigenvalue weighted by molar-refractivity contribution is -0.0501. The van der Waals surface area contributed by atoms with Crippen molar-refractivity contribution < 1.29 is 27.4 Å². The summed E-state index contributed by atoms with van der Waals surface area (Å²) in [6.07, 6.45) is 3.62. The summed E-state index contributed by atoms with van der Waals surface area (Å²) in [6.45, 7) is -3.23. The lowest BCUT2D eigenvalue weighted by Crippen LogP contribution is -2.19. The van der Waals surface area contributed by atoms with E-state index in [9.17, 15) is 23.2 Å². The van der Waals surface area contributed by atoms with Gasteiger partial charge < -0.3 is 14.9 Å². The smallest absolute Gasteiger partial charge is 0.387 e. The van der Waals surface area contributed by atoms with Crippen LogP contribution in [0.15, 0.2) is 36.7 Å². The summed E-state index contributed by atoms with van der Waals surface area (Å²) in [5, 5.41) is 21.8. The molecule has 0 bridgehead atoms. The maximum absolute atomic E-state index is 13.4. The Labute approximate surface area is 192 Å². The number of aromatic nitrogens is 2. The zero-order valence-corrected chi connectivity index (χ0v) is 18.0. The molecule has 2 aliphatic carbocycles. The van der Waals surface area contributed by atoms with Crippen molar-refractivity contribution in [1.82, 2.24) is 9.61 Å². The molecule has 0 saturated heterocycles. The number of hydrogen-bond acceptors (Lipinski definition) is 6. The van der Waals surface area contributed by atoms with Crippen molar-refractivity contribution in [3.63, 3.8) is 0 Å². The minimum absolute atomic E-state index is 0.0491. The molecule has 1 N–H and O–H groups in total. The number of benzene rings is 1. The van der Waals surface area contributed by atoms with Crippen LogP contribution in [0.1, 0.15) is 35.2 Å². The SMILES string of the molecule is COc1cc(-c2cnn3cc(C4(C#N)CC4)ccc23)cc(OC(F)F)c1C(=O)C(=N)[C@@H]1C[C@@H]1F. The van der Waals surface area contributed by atoms with Crippen LogP contribution >= 0.6 is 0 Å². The summed E-state index contributed by atoms with van der Waals surface area (Å²) in [4.78, 5) is 12.9. The predicted molar refractivity (Wildman–Crippen MR) is 115 cm³/mol. The number of carbonyl (C=O) groups is 1. The fourth-order valence-corrected chi connectivity index (χ4v) is 4.16. The number of rotatable bonds is 8. The Bertz CT molecular complexity index is 1370. The van der Waals surface area contributed by atoms with E-state index in [1.807, 2.05) is 6.07 Å². The van der Waals surface area contributed by atoms with Gasteiger partial charge in [-0.15, -0.1) is 0 Å². The zero-order chi connectivity index (χ0) is 24.2. The second kappa shape index (κ2) is 7.87. The number of nitrogens with one attached hydrogen (secondary N) is 1. The first kappa shape index (κ1) is 21.9. The van der Waals surface area contributed by atoms with Crippen LogP contribution in [0.5, 0.6) is 11.5 Å². The van der Waals surface area contributed by atoms with Gasteiger partial charge in [0.15, 0.2) is 0 Å². The highest BCUT2D eigenvalue weighted by molar-refractivity contribution is 6.47. The molecule has 0 radical (unpaired) electrons. The molecule has 3 aromatic rings. The van der Waals surface area contributed by atoms with Crippen LogP contribution in [0.3, 0.4) is 0 Å². The Kier molecular flexibility index (Phi) is 5.08. The average molecular weight is 468 g/mol. The summed E-state index contributed by atoms with van der Waals surface area (Å²) in [7, 11) is 1.26. The van der Waals surface area contributed by atoms with Gasteiger partial charge in [-0.1, -0.05) is 6.07 Å². The average Bonchev–Trinajstić information content (AvgIpc) is 3.73. The Morgan fingerprint density at radius 3 is 2.62 bits per heavy atom. The molecule has 0 unspecified atom stereocenters. The maximum Gasteiger partial charge on any atom is 0.387 e. The number of hydrogen-bond donors (Lipinski definition) is 1. The van der Waals surface area contributed by atoms with E-state index in [-0.39, 0.29) is 17.7 Å². The van der Waals surface area contributed by atoms with Crippen molar-refractivity contribution in [2.24, 2.45) is 5.92 Å². The van der Waals surface area contributed by atoms with Gasteiger partial charge in [0.1, 0.15) is 23.2 Å². The third kappa shape index (κ3) is 3.57. The lowest BCUT2D eigenvalue weighted by Gasteiger charge is -2.16. The van der Waals surface area contributed by atoms with E-state index in [1.165, 1.54) is 25.4 Å². The Balaban J connectivity index is 1.60. The first-order chi connectivity index (χ1) is 16.3. The number of ether oxygens (including phenoxy) is 2. The van der Waals surface area contributed by atoms with Crippen molar-refractivity contribution in [2.45, 2.75) is 37.5 Å². The van der Waals surface area contributed by atoms with Crippen molar-refractivity contribution >= 4 is 17.0 Å². The van der Waals surface area contributed by atoms with Gasteiger partial charge in [0.05, 0.1) is 36.0 Å². The normalized spacial score (nSPS) is 20.1. The van der Waals surface area contributed by atoms with E-state index in [4.69, 9.17) is 10.1 Å². The highest BCUT2D eigenvalue weighted by atomic mass is 19.3. The molecule has 2 aliphatic rings. The maximum atomic E-state index is 13.4. The summed E-state index contributed by atoms with van der Waals surface area (Å²) in [5.41, 5.74) is 1.11. The van der Waals surface area contributed by atoms with Crippen LogP contribution in [0.4, 0.5) is 13.2 Å². The molecule has 0 amide bonds. The van der Waals surface area contributed by atoms with Gasteiger partial charge >= 0.3 is 6.61 Å². The zero-order valence-electron chi connectivity index (χ0n) is 18.0. The number of halogens is 3. The summed E-state index contributed by atoms with van der Waals surface area (Å²) in [5.74, 6) is -2.31. The van der Waals surface area contributed by atoms with Crippen LogP contribution in [0.2, 0.25) is 0 Å². The largest absolute Gasteiger partial charge is 0.496 e. The number of methoxy groups -OCH3 is 1. The molecule has 10 heteroatoms. The van der Waals surface area contributed by atoms with Crippen LogP contribution in [-0.2, 0) is 5.41 Å². The Morgan fingerprint density at radius 1 is 1.32 bits per heavy atom. The monoisotopic (exact) mass is 468 g/mol. The van der Waals surface area contributed by atoms with Crippen LogP contribution in [0, 0.1) is 22.7 Å². The molecule has 0 aliphatic heterocycles. The van der Waals surface area contributed by atoms with Crippen LogP contribution in [0.25, 0.3) is 16.6 Å². The first-order valence-electron chi connectivity index (χ1n) is 10.6. The van der Waals surface area contributed by atoms with E-state index in [0.29, 0.717) is 16.6 Å². The molecular formula is C24H19F3N4O3. The van der Waals surface area contributed by atoms with Crippen molar-refractivity contribution in [1.29, 1.82) is 10.7 Å². The molecule has 7 nitrogen and oxygen atoms in total. The molecule has 174 valence electrons. The van der Waals surface area contributed by atoms with Crippen LogP contribution < -0.4 is 9.47 Å². The van der Waals surface area contributed by atoms with Gasteiger partial charge in [-0.2, -0.15) is 19.1 Å². The molecular weight excluding hydrogens is 449 g/mol. The highest BCUT2D eigenvalue weighted by Gasteiger charge is 2.46. The van der Waals surface area contributed by atoms with Crippen molar-refractivity contribution in [3.8, 4) is 28.7 Å². The van der Waals surface area contributed by atoms with E-state index >= 15 is 0 Å². The standard InChI is InChI=1S/C24H19F3N4O3/c1-33-18-6-12(7-19(34-23(26)27)20(18)22(32)21(29)14-8-16(14)25)15-9-30-31-10-13(2-3-17(15)31)24(11-28)4-5-24/h2-3,6-7,9-10,14,16,23,29H,4-5,8H2,1H3/t14-,16+/m1/s1. The third-order valence-corrected chi connectivity index (χ3v) is 6.40. The van der Waals surface area contributed by atoms with Gasteiger partial charge in [0, 0.05) is 17.7 Å².